The van der Waals surface area contributed by atoms with E-state index in [4.69, 9.17) is 4.84 Å². The van der Waals surface area contributed by atoms with Gasteiger partial charge in [0.1, 0.15) is 0 Å². The van der Waals surface area contributed by atoms with Gasteiger partial charge in [-0.05, 0) is 18.9 Å². The summed E-state index contributed by atoms with van der Waals surface area (Å²) in [5.74, 6) is 0. The van der Waals surface area contributed by atoms with E-state index in [1.54, 1.807) is 0 Å². The second-order valence-electron chi connectivity index (χ2n) is 4.27. The Morgan fingerprint density at radius 2 is 1.81 bits per heavy atom. The van der Waals surface area contributed by atoms with E-state index in [2.05, 4.69) is 19.9 Å². The minimum Gasteiger partial charge on any atom is -0.271 e. The maximum absolute atomic E-state index is 5.66. The second-order valence-corrected chi connectivity index (χ2v) is 4.27. The molecule has 0 spiro atoms. The van der Waals surface area contributed by atoms with Gasteiger partial charge in [0.05, 0.1) is 0 Å². The van der Waals surface area contributed by atoms with Gasteiger partial charge in [-0.3, -0.25) is 4.84 Å². The second kappa shape index (κ2) is 8.14. The lowest BCUT2D eigenvalue weighted by atomic mass is 10.1. The first kappa shape index (κ1) is 13.0. The van der Waals surface area contributed by atoms with Crippen LogP contribution >= 0.6 is 0 Å². The number of aryl methyl sites for hydroxylation is 1. The normalized spacial score (nSPS) is 10.4. The molecule has 0 unspecified atom stereocenters. The van der Waals surface area contributed by atoms with E-state index < -0.39 is 0 Å². The van der Waals surface area contributed by atoms with E-state index in [9.17, 15) is 0 Å². The van der Waals surface area contributed by atoms with Gasteiger partial charge in [0, 0.05) is 23.8 Å². The lowest BCUT2D eigenvalue weighted by Crippen LogP contribution is -2.45. The largest absolute Gasteiger partial charge is 0.271 e. The van der Waals surface area contributed by atoms with Crippen LogP contribution in [0.4, 0.5) is 0 Å². The molecule has 1 aromatic heterocycles. The smallest absolute Gasteiger partial charge is 0.231 e. The summed E-state index contributed by atoms with van der Waals surface area (Å²) in [5, 5.41) is 0. The number of nitrogens with zero attached hydrogens (tertiary/aromatic N) is 1. The van der Waals surface area contributed by atoms with Crippen molar-refractivity contribution in [1.29, 1.82) is 0 Å². The average Bonchev–Trinajstić information content (AvgIpc) is 2.30. The Bertz CT molecular complexity index is 286. The number of unbranched alkanes of at least 4 members (excludes halogenated alkanes) is 5. The molecule has 90 valence electrons. The Kier molecular flexibility index (Phi) is 6.62. The predicted octanol–water partition coefficient (Wildman–Crippen LogP) is 3.07. The summed E-state index contributed by atoms with van der Waals surface area (Å²) < 4.78 is 1.85. The zero-order valence-corrected chi connectivity index (χ0v) is 10.6. The zero-order valence-electron chi connectivity index (χ0n) is 10.6. The van der Waals surface area contributed by atoms with Gasteiger partial charge in [0.2, 0.25) is 11.9 Å². The molecule has 2 nitrogen and oxygen atoms in total. The van der Waals surface area contributed by atoms with Gasteiger partial charge in [0.15, 0.2) is 6.61 Å². The van der Waals surface area contributed by atoms with E-state index in [1.165, 1.54) is 32.1 Å². The summed E-state index contributed by atoms with van der Waals surface area (Å²) >= 11 is 0. The van der Waals surface area contributed by atoms with Crippen LogP contribution in [-0.4, -0.2) is 6.61 Å². The van der Waals surface area contributed by atoms with Crippen molar-refractivity contribution in [2.24, 2.45) is 0 Å². The van der Waals surface area contributed by atoms with Gasteiger partial charge in [0.25, 0.3) is 0 Å². The fourth-order valence-corrected chi connectivity index (χ4v) is 1.70. The summed E-state index contributed by atoms with van der Waals surface area (Å²) in [4.78, 5) is 5.66. The molecule has 2 heteroatoms. The van der Waals surface area contributed by atoms with Crippen molar-refractivity contribution in [3.05, 3.63) is 30.1 Å². The Balaban J connectivity index is 2.05. The zero-order chi connectivity index (χ0) is 11.6. The van der Waals surface area contributed by atoms with Crippen LogP contribution in [0, 0.1) is 6.92 Å². The maximum atomic E-state index is 5.66. The van der Waals surface area contributed by atoms with Crippen molar-refractivity contribution < 1.29 is 9.57 Å². The standard InChI is InChI=1S/C14H24NO/c1-3-4-5-6-7-10-13-16-15-12-9-8-11-14(15)2/h8-9,11-12H,3-7,10,13H2,1-2H3/q+1. The molecule has 0 aliphatic rings. The molecule has 0 saturated heterocycles. The highest BCUT2D eigenvalue weighted by Gasteiger charge is 2.04. The molecule has 16 heavy (non-hydrogen) atoms. The van der Waals surface area contributed by atoms with E-state index in [0.29, 0.717) is 0 Å². The summed E-state index contributed by atoms with van der Waals surface area (Å²) in [6.45, 7) is 5.13. The van der Waals surface area contributed by atoms with E-state index >= 15 is 0 Å². The quantitative estimate of drug-likeness (QED) is 0.486. The molecule has 1 aromatic rings. The van der Waals surface area contributed by atoms with Crippen LogP contribution in [0.1, 0.15) is 51.1 Å². The number of hydrogen-bond acceptors (Lipinski definition) is 1. The number of pyridine rings is 1. The van der Waals surface area contributed by atoms with Gasteiger partial charge < -0.3 is 0 Å². The first-order valence-corrected chi connectivity index (χ1v) is 6.45. The van der Waals surface area contributed by atoms with Crippen molar-refractivity contribution in [1.82, 2.24) is 0 Å². The summed E-state index contributed by atoms with van der Waals surface area (Å²) in [7, 11) is 0. The van der Waals surface area contributed by atoms with E-state index in [-0.39, 0.29) is 0 Å². The van der Waals surface area contributed by atoms with Crippen LogP contribution in [0.3, 0.4) is 0 Å². The summed E-state index contributed by atoms with van der Waals surface area (Å²) in [6, 6.07) is 6.08. The highest BCUT2D eigenvalue weighted by Crippen LogP contribution is 2.04. The number of rotatable bonds is 8. The maximum Gasteiger partial charge on any atom is 0.231 e. The molecule has 0 radical (unpaired) electrons. The molecule has 0 aliphatic heterocycles. The fraction of sp³-hybridized carbons (Fsp3) is 0.643. The molecule has 0 N–H and O–H groups in total. The highest BCUT2D eigenvalue weighted by atomic mass is 16.7. The molecule has 0 atom stereocenters. The van der Waals surface area contributed by atoms with Crippen LogP contribution in [-0.2, 0) is 0 Å². The molecular weight excluding hydrogens is 198 g/mol. The van der Waals surface area contributed by atoms with Crippen LogP contribution in [0.15, 0.2) is 24.4 Å². The fourth-order valence-electron chi connectivity index (χ4n) is 1.70. The van der Waals surface area contributed by atoms with Gasteiger partial charge in [-0.25, -0.2) is 0 Å². The molecule has 1 heterocycles. The lowest BCUT2D eigenvalue weighted by molar-refractivity contribution is -0.895. The van der Waals surface area contributed by atoms with Gasteiger partial charge in [-0.15, -0.1) is 0 Å². The molecular formula is C14H24NO+. The van der Waals surface area contributed by atoms with Gasteiger partial charge in [-0.1, -0.05) is 32.6 Å². The molecule has 0 amide bonds. The van der Waals surface area contributed by atoms with Crippen LogP contribution < -0.4 is 9.57 Å². The molecule has 0 bridgehead atoms. The molecule has 0 fully saturated rings. The van der Waals surface area contributed by atoms with Crippen molar-refractivity contribution >= 4 is 0 Å². The number of hydrogen-bond donors (Lipinski definition) is 0. The highest BCUT2D eigenvalue weighted by molar-refractivity contribution is 4.93. The molecule has 0 aliphatic carbocycles. The van der Waals surface area contributed by atoms with Crippen molar-refractivity contribution in [3.8, 4) is 0 Å². The Labute approximate surface area is 99.2 Å². The van der Waals surface area contributed by atoms with Crippen LogP contribution in [0.25, 0.3) is 0 Å². The van der Waals surface area contributed by atoms with Gasteiger partial charge >= 0.3 is 0 Å². The molecule has 0 saturated carbocycles. The van der Waals surface area contributed by atoms with E-state index in [0.717, 1.165) is 18.7 Å². The van der Waals surface area contributed by atoms with Crippen LogP contribution in [0.5, 0.6) is 0 Å². The Morgan fingerprint density at radius 1 is 1.06 bits per heavy atom. The Hall–Kier alpha value is -1.05. The average molecular weight is 222 g/mol. The minimum absolute atomic E-state index is 0.821. The third-order valence-electron chi connectivity index (χ3n) is 2.75. The van der Waals surface area contributed by atoms with E-state index in [1.807, 2.05) is 23.1 Å². The van der Waals surface area contributed by atoms with Crippen molar-refractivity contribution in [3.63, 3.8) is 0 Å². The SMILES string of the molecule is CCCCCCCCO[n+]1ccccc1C. The minimum atomic E-state index is 0.821. The van der Waals surface area contributed by atoms with Crippen molar-refractivity contribution in [2.45, 2.75) is 52.4 Å². The third-order valence-corrected chi connectivity index (χ3v) is 2.75. The van der Waals surface area contributed by atoms with Gasteiger partial charge in [-0.2, -0.15) is 0 Å². The summed E-state index contributed by atoms with van der Waals surface area (Å²) in [5.41, 5.74) is 1.15. The first-order chi connectivity index (χ1) is 7.84. The number of aromatic nitrogens is 1. The van der Waals surface area contributed by atoms with Crippen molar-refractivity contribution in [2.75, 3.05) is 6.61 Å². The Morgan fingerprint density at radius 3 is 2.56 bits per heavy atom. The monoisotopic (exact) mass is 222 g/mol. The third kappa shape index (κ3) is 5.15. The summed E-state index contributed by atoms with van der Waals surface area (Å²) in [6.07, 6.45) is 9.80. The molecule has 0 aromatic carbocycles. The van der Waals surface area contributed by atoms with Crippen LogP contribution in [0.2, 0.25) is 0 Å². The predicted molar refractivity (Wildman–Crippen MR) is 66.2 cm³/mol. The first-order valence-electron chi connectivity index (χ1n) is 6.45. The topological polar surface area (TPSA) is 13.1 Å². The lowest BCUT2D eigenvalue weighted by Gasteiger charge is -2.01. The molecule has 1 rings (SSSR count).